The third kappa shape index (κ3) is 4.10. The highest BCUT2D eigenvalue weighted by Gasteiger charge is 2.27. The molecule has 0 aliphatic rings. The van der Waals surface area contributed by atoms with Gasteiger partial charge in [-0.2, -0.15) is 0 Å². The van der Waals surface area contributed by atoms with Crippen molar-refractivity contribution in [2.45, 2.75) is 31.7 Å². The van der Waals surface area contributed by atoms with Crippen molar-refractivity contribution in [3.8, 4) is 0 Å². The van der Waals surface area contributed by atoms with Crippen molar-refractivity contribution in [3.05, 3.63) is 31.8 Å². The SMILES string of the molecule is CC(Cl)C(C)(C)NC(=O)c1cc(Br)ccc1I. The van der Waals surface area contributed by atoms with E-state index in [9.17, 15) is 4.79 Å². The van der Waals surface area contributed by atoms with Crippen molar-refractivity contribution >= 4 is 56.0 Å². The second-order valence-corrected chi connectivity index (χ2v) is 7.15. The summed E-state index contributed by atoms with van der Waals surface area (Å²) in [6.45, 7) is 5.69. The fraction of sp³-hybridized carbons (Fsp3) is 0.417. The first kappa shape index (κ1) is 15.2. The number of amides is 1. The first-order valence-corrected chi connectivity index (χ1v) is 7.46. The van der Waals surface area contributed by atoms with Gasteiger partial charge in [0.1, 0.15) is 0 Å². The van der Waals surface area contributed by atoms with Crippen LogP contribution in [0.2, 0.25) is 0 Å². The molecular weight excluding hydrogens is 416 g/mol. The van der Waals surface area contributed by atoms with Crippen LogP contribution in [0.4, 0.5) is 0 Å². The topological polar surface area (TPSA) is 29.1 Å². The molecule has 1 atom stereocenters. The Bertz CT molecular complexity index is 435. The summed E-state index contributed by atoms with van der Waals surface area (Å²) in [6.07, 6.45) is 0. The zero-order chi connectivity index (χ0) is 13.2. The average Bonchev–Trinajstić information content (AvgIpc) is 2.20. The Morgan fingerprint density at radius 2 is 2.12 bits per heavy atom. The lowest BCUT2D eigenvalue weighted by Crippen LogP contribution is -2.49. The molecule has 17 heavy (non-hydrogen) atoms. The largest absolute Gasteiger partial charge is 0.346 e. The Hall–Kier alpha value is 0.190. The fourth-order valence-electron chi connectivity index (χ4n) is 1.13. The molecule has 0 aliphatic heterocycles. The second kappa shape index (κ2) is 5.89. The molecule has 0 saturated heterocycles. The van der Waals surface area contributed by atoms with Crippen molar-refractivity contribution in [2.75, 3.05) is 0 Å². The van der Waals surface area contributed by atoms with E-state index in [4.69, 9.17) is 11.6 Å². The molecule has 1 aromatic carbocycles. The standard InChI is InChI=1S/C12H14BrClINO/c1-7(14)12(2,3)16-11(17)9-6-8(13)4-5-10(9)15/h4-7H,1-3H3,(H,16,17). The minimum atomic E-state index is -0.440. The van der Waals surface area contributed by atoms with Gasteiger partial charge < -0.3 is 5.32 Å². The van der Waals surface area contributed by atoms with Gasteiger partial charge in [-0.25, -0.2) is 0 Å². The molecule has 0 saturated carbocycles. The highest BCUT2D eigenvalue weighted by molar-refractivity contribution is 14.1. The summed E-state index contributed by atoms with van der Waals surface area (Å²) in [4.78, 5) is 12.1. The van der Waals surface area contributed by atoms with Gasteiger partial charge >= 0.3 is 0 Å². The molecule has 0 radical (unpaired) electrons. The molecule has 1 rings (SSSR count). The van der Waals surface area contributed by atoms with Crippen molar-refractivity contribution in [3.63, 3.8) is 0 Å². The first-order valence-electron chi connectivity index (χ1n) is 5.15. The maximum Gasteiger partial charge on any atom is 0.252 e. The summed E-state index contributed by atoms with van der Waals surface area (Å²) >= 11 is 11.6. The maximum atomic E-state index is 12.1. The first-order chi connectivity index (χ1) is 7.74. The Kier molecular flexibility index (Phi) is 5.28. The summed E-state index contributed by atoms with van der Waals surface area (Å²) in [6, 6.07) is 5.62. The molecule has 1 aromatic rings. The van der Waals surface area contributed by atoms with Gasteiger partial charge in [-0.15, -0.1) is 11.6 Å². The molecule has 1 N–H and O–H groups in total. The molecular formula is C12H14BrClINO. The van der Waals surface area contributed by atoms with Gasteiger partial charge in [0.15, 0.2) is 0 Å². The van der Waals surface area contributed by atoms with Gasteiger partial charge in [-0.1, -0.05) is 15.9 Å². The van der Waals surface area contributed by atoms with Crippen LogP contribution in [0, 0.1) is 3.57 Å². The Labute approximate surface area is 129 Å². The fourth-order valence-corrected chi connectivity index (χ4v) is 2.13. The van der Waals surface area contributed by atoms with E-state index in [2.05, 4.69) is 43.8 Å². The number of hydrogen-bond donors (Lipinski definition) is 1. The molecule has 1 amide bonds. The van der Waals surface area contributed by atoms with E-state index >= 15 is 0 Å². The van der Waals surface area contributed by atoms with Crippen molar-refractivity contribution in [1.29, 1.82) is 0 Å². The smallest absolute Gasteiger partial charge is 0.252 e. The molecule has 5 heteroatoms. The van der Waals surface area contributed by atoms with Crippen LogP contribution in [0.1, 0.15) is 31.1 Å². The summed E-state index contributed by atoms with van der Waals surface area (Å²) in [7, 11) is 0. The maximum absolute atomic E-state index is 12.1. The zero-order valence-corrected chi connectivity index (χ0v) is 14.4. The van der Waals surface area contributed by atoms with E-state index in [-0.39, 0.29) is 11.3 Å². The van der Waals surface area contributed by atoms with Crippen LogP contribution in [-0.4, -0.2) is 16.8 Å². The van der Waals surface area contributed by atoms with E-state index in [1.165, 1.54) is 0 Å². The van der Waals surface area contributed by atoms with Crippen molar-refractivity contribution < 1.29 is 4.79 Å². The van der Waals surface area contributed by atoms with Crippen LogP contribution in [0.3, 0.4) is 0 Å². The molecule has 0 heterocycles. The third-order valence-corrected chi connectivity index (χ3v) is 4.58. The molecule has 0 bridgehead atoms. The van der Waals surface area contributed by atoms with Crippen LogP contribution < -0.4 is 5.32 Å². The Balaban J connectivity index is 2.94. The van der Waals surface area contributed by atoms with E-state index in [0.717, 1.165) is 8.04 Å². The summed E-state index contributed by atoms with van der Waals surface area (Å²) < 4.78 is 1.81. The van der Waals surface area contributed by atoms with Crippen molar-refractivity contribution in [1.82, 2.24) is 5.32 Å². The summed E-state index contributed by atoms with van der Waals surface area (Å²) in [5.41, 5.74) is 0.217. The van der Waals surface area contributed by atoms with Gasteiger partial charge in [0.2, 0.25) is 0 Å². The number of halogens is 3. The van der Waals surface area contributed by atoms with Crippen LogP contribution in [-0.2, 0) is 0 Å². The number of carbonyl (C=O) groups is 1. The quantitative estimate of drug-likeness (QED) is 0.566. The van der Waals surface area contributed by atoms with Crippen LogP contribution >= 0.6 is 50.1 Å². The Morgan fingerprint density at radius 3 is 2.65 bits per heavy atom. The molecule has 2 nitrogen and oxygen atoms in total. The van der Waals surface area contributed by atoms with Crippen LogP contribution in [0.5, 0.6) is 0 Å². The molecule has 0 aromatic heterocycles. The van der Waals surface area contributed by atoms with Crippen molar-refractivity contribution in [2.24, 2.45) is 0 Å². The highest BCUT2D eigenvalue weighted by atomic mass is 127. The van der Waals surface area contributed by atoms with E-state index in [0.29, 0.717) is 5.56 Å². The van der Waals surface area contributed by atoms with E-state index in [1.54, 1.807) is 0 Å². The normalized spacial score (nSPS) is 13.3. The lowest BCUT2D eigenvalue weighted by Gasteiger charge is -2.29. The van der Waals surface area contributed by atoms with Gasteiger partial charge in [-0.3, -0.25) is 4.79 Å². The summed E-state index contributed by atoms with van der Waals surface area (Å²) in [5.74, 6) is -0.104. The number of rotatable bonds is 3. The highest BCUT2D eigenvalue weighted by Crippen LogP contribution is 2.20. The summed E-state index contributed by atoms with van der Waals surface area (Å²) in [5, 5.41) is 2.80. The number of hydrogen-bond acceptors (Lipinski definition) is 1. The number of carbonyl (C=O) groups excluding carboxylic acids is 1. The van der Waals surface area contributed by atoms with E-state index < -0.39 is 5.54 Å². The monoisotopic (exact) mass is 429 g/mol. The Morgan fingerprint density at radius 1 is 1.53 bits per heavy atom. The minimum absolute atomic E-state index is 0.104. The number of benzene rings is 1. The van der Waals surface area contributed by atoms with Gasteiger partial charge in [0.25, 0.3) is 5.91 Å². The average molecular weight is 431 g/mol. The molecule has 0 spiro atoms. The van der Waals surface area contributed by atoms with Gasteiger partial charge in [-0.05, 0) is 61.6 Å². The molecule has 0 aliphatic carbocycles. The zero-order valence-electron chi connectivity index (χ0n) is 9.85. The number of nitrogens with one attached hydrogen (secondary N) is 1. The van der Waals surface area contributed by atoms with Gasteiger partial charge in [0.05, 0.1) is 16.5 Å². The predicted octanol–water partition coefficient (Wildman–Crippen LogP) is 4.19. The molecule has 0 fully saturated rings. The third-order valence-electron chi connectivity index (χ3n) is 2.60. The lowest BCUT2D eigenvalue weighted by molar-refractivity contribution is 0.0911. The predicted molar refractivity (Wildman–Crippen MR) is 83.7 cm³/mol. The van der Waals surface area contributed by atoms with E-state index in [1.807, 2.05) is 39.0 Å². The lowest BCUT2D eigenvalue weighted by atomic mass is 10.0. The van der Waals surface area contributed by atoms with Gasteiger partial charge in [0, 0.05) is 8.04 Å². The number of alkyl halides is 1. The van der Waals surface area contributed by atoms with Crippen LogP contribution in [0.25, 0.3) is 0 Å². The molecule has 94 valence electrons. The second-order valence-electron chi connectivity index (χ2n) is 4.42. The molecule has 1 unspecified atom stereocenters. The van der Waals surface area contributed by atoms with Crippen LogP contribution in [0.15, 0.2) is 22.7 Å². The minimum Gasteiger partial charge on any atom is -0.346 e.